The lowest BCUT2D eigenvalue weighted by molar-refractivity contribution is 0.0977. The first kappa shape index (κ1) is 14.1. The lowest BCUT2D eigenvalue weighted by Gasteiger charge is -2.04. The number of pyridine rings is 1. The lowest BCUT2D eigenvalue weighted by atomic mass is 10.2. The summed E-state index contributed by atoms with van der Waals surface area (Å²) in [6.45, 7) is 0. The summed E-state index contributed by atoms with van der Waals surface area (Å²) in [7, 11) is 0. The zero-order chi connectivity index (χ0) is 15.7. The number of nitrogens with two attached hydrogens (primary N) is 1. The van der Waals surface area contributed by atoms with Crippen molar-refractivity contribution in [1.29, 1.82) is 0 Å². The van der Waals surface area contributed by atoms with Crippen LogP contribution in [-0.2, 0) is 0 Å². The highest BCUT2D eigenvalue weighted by atomic mass is 35.5. The van der Waals surface area contributed by atoms with Crippen LogP contribution in [0.25, 0.3) is 11.0 Å². The van der Waals surface area contributed by atoms with Gasteiger partial charge in [-0.2, -0.15) is 0 Å². The SMILES string of the molecule is NC(=O)c1oc2ccc(Cl)cc2c1NC(=O)c1ccccn1. The van der Waals surface area contributed by atoms with Gasteiger partial charge in [0.15, 0.2) is 0 Å². The van der Waals surface area contributed by atoms with Crippen molar-refractivity contribution in [3.05, 3.63) is 59.1 Å². The standard InChI is InChI=1S/C15H10ClN3O3/c16-8-4-5-11-9(7-8)12(13(22-11)14(17)20)19-15(21)10-3-1-2-6-18-10/h1-7H,(H2,17,20)(H,19,21). The highest BCUT2D eigenvalue weighted by Crippen LogP contribution is 2.32. The van der Waals surface area contributed by atoms with Crippen molar-refractivity contribution < 1.29 is 14.0 Å². The van der Waals surface area contributed by atoms with E-state index in [0.717, 1.165) is 0 Å². The van der Waals surface area contributed by atoms with Gasteiger partial charge in [0.25, 0.3) is 11.8 Å². The summed E-state index contributed by atoms with van der Waals surface area (Å²) in [6, 6.07) is 9.72. The third kappa shape index (κ3) is 2.51. The van der Waals surface area contributed by atoms with E-state index in [2.05, 4.69) is 10.3 Å². The predicted molar refractivity (Wildman–Crippen MR) is 81.9 cm³/mol. The Labute approximate surface area is 129 Å². The van der Waals surface area contributed by atoms with Gasteiger partial charge in [0, 0.05) is 16.6 Å². The largest absolute Gasteiger partial charge is 0.449 e. The minimum absolute atomic E-state index is 0.137. The number of hydrogen-bond acceptors (Lipinski definition) is 4. The second-order valence-electron chi connectivity index (χ2n) is 4.48. The Balaban J connectivity index is 2.09. The van der Waals surface area contributed by atoms with Crippen LogP contribution in [0.2, 0.25) is 5.02 Å². The summed E-state index contributed by atoms with van der Waals surface area (Å²) in [5, 5.41) is 3.54. The molecule has 1 aromatic carbocycles. The van der Waals surface area contributed by atoms with Gasteiger partial charge in [-0.25, -0.2) is 0 Å². The lowest BCUT2D eigenvalue weighted by Crippen LogP contribution is -2.17. The fourth-order valence-corrected chi connectivity index (χ4v) is 2.21. The Morgan fingerprint density at radius 3 is 2.73 bits per heavy atom. The molecule has 0 saturated carbocycles. The number of halogens is 1. The molecule has 6 nitrogen and oxygen atoms in total. The van der Waals surface area contributed by atoms with Crippen LogP contribution in [0.5, 0.6) is 0 Å². The van der Waals surface area contributed by atoms with Crippen molar-refractivity contribution in [2.24, 2.45) is 5.73 Å². The maximum absolute atomic E-state index is 12.2. The first-order valence-corrected chi connectivity index (χ1v) is 6.68. The first-order valence-electron chi connectivity index (χ1n) is 6.30. The number of benzene rings is 1. The van der Waals surface area contributed by atoms with Crippen molar-refractivity contribution in [2.45, 2.75) is 0 Å². The number of primary amides is 1. The Hall–Kier alpha value is -2.86. The average molecular weight is 316 g/mol. The smallest absolute Gasteiger partial charge is 0.286 e. The van der Waals surface area contributed by atoms with Gasteiger partial charge in [-0.3, -0.25) is 14.6 Å². The summed E-state index contributed by atoms with van der Waals surface area (Å²) in [4.78, 5) is 27.7. The highest BCUT2D eigenvalue weighted by Gasteiger charge is 2.21. The third-order valence-electron chi connectivity index (χ3n) is 3.01. The number of hydrogen-bond donors (Lipinski definition) is 2. The second kappa shape index (κ2) is 5.50. The summed E-state index contributed by atoms with van der Waals surface area (Å²) in [5.41, 5.74) is 6.08. The van der Waals surface area contributed by atoms with E-state index in [0.29, 0.717) is 16.0 Å². The Kier molecular flexibility index (Phi) is 3.52. The Morgan fingerprint density at radius 1 is 1.23 bits per heavy atom. The van der Waals surface area contributed by atoms with Crippen LogP contribution in [0.3, 0.4) is 0 Å². The summed E-state index contributed by atoms with van der Waals surface area (Å²) >= 11 is 5.95. The quantitative estimate of drug-likeness (QED) is 0.776. The van der Waals surface area contributed by atoms with Crippen molar-refractivity contribution in [2.75, 3.05) is 5.32 Å². The van der Waals surface area contributed by atoms with Gasteiger partial charge in [-0.1, -0.05) is 17.7 Å². The van der Waals surface area contributed by atoms with Gasteiger partial charge in [0.05, 0.1) is 0 Å². The van der Waals surface area contributed by atoms with E-state index in [-0.39, 0.29) is 17.1 Å². The molecule has 0 fully saturated rings. The molecule has 0 unspecified atom stereocenters. The van der Waals surface area contributed by atoms with Crippen LogP contribution in [0.15, 0.2) is 47.0 Å². The molecule has 0 spiro atoms. The number of carbonyl (C=O) groups excluding carboxylic acids is 2. The molecule has 2 amide bonds. The summed E-state index contributed by atoms with van der Waals surface area (Å²) in [5.74, 6) is -1.41. The topological polar surface area (TPSA) is 98.2 Å². The number of anilines is 1. The number of nitrogens with zero attached hydrogens (tertiary/aromatic N) is 1. The predicted octanol–water partition coefficient (Wildman–Crippen LogP) is 2.83. The number of furan rings is 1. The minimum Gasteiger partial charge on any atom is -0.449 e. The summed E-state index contributed by atoms with van der Waals surface area (Å²) in [6.07, 6.45) is 1.49. The van der Waals surface area contributed by atoms with Crippen LogP contribution < -0.4 is 11.1 Å². The van der Waals surface area contributed by atoms with Crippen molar-refractivity contribution in [3.8, 4) is 0 Å². The molecular weight excluding hydrogens is 306 g/mol. The van der Waals surface area contributed by atoms with Crippen molar-refractivity contribution in [1.82, 2.24) is 4.98 Å². The van der Waals surface area contributed by atoms with E-state index in [9.17, 15) is 9.59 Å². The average Bonchev–Trinajstić information content (AvgIpc) is 2.86. The first-order chi connectivity index (χ1) is 10.6. The maximum atomic E-state index is 12.2. The summed E-state index contributed by atoms with van der Waals surface area (Å²) < 4.78 is 5.38. The molecule has 0 aliphatic heterocycles. The monoisotopic (exact) mass is 315 g/mol. The molecule has 2 heterocycles. The highest BCUT2D eigenvalue weighted by molar-refractivity contribution is 6.31. The van der Waals surface area contributed by atoms with Gasteiger partial charge in [-0.15, -0.1) is 0 Å². The zero-order valence-corrected chi connectivity index (χ0v) is 11.9. The molecule has 2 aromatic heterocycles. The van der Waals surface area contributed by atoms with E-state index in [1.54, 1.807) is 36.4 Å². The van der Waals surface area contributed by atoms with Crippen molar-refractivity contribution >= 4 is 40.1 Å². The fraction of sp³-hybridized carbons (Fsp3) is 0. The molecule has 0 saturated heterocycles. The number of aromatic nitrogens is 1. The van der Waals surface area contributed by atoms with Crippen LogP contribution in [0, 0.1) is 0 Å². The molecule has 3 N–H and O–H groups in total. The second-order valence-corrected chi connectivity index (χ2v) is 4.92. The molecule has 7 heteroatoms. The van der Waals surface area contributed by atoms with E-state index in [4.69, 9.17) is 21.8 Å². The van der Waals surface area contributed by atoms with E-state index < -0.39 is 11.8 Å². The van der Waals surface area contributed by atoms with Crippen LogP contribution >= 0.6 is 11.6 Å². The van der Waals surface area contributed by atoms with Crippen molar-refractivity contribution in [3.63, 3.8) is 0 Å². The number of carbonyl (C=O) groups is 2. The van der Waals surface area contributed by atoms with Crippen LogP contribution in [0.4, 0.5) is 5.69 Å². The molecule has 3 rings (SSSR count). The minimum atomic E-state index is -0.788. The van der Waals surface area contributed by atoms with Gasteiger partial charge in [0.1, 0.15) is 17.0 Å². The van der Waals surface area contributed by atoms with Gasteiger partial charge < -0.3 is 15.5 Å². The number of amides is 2. The normalized spacial score (nSPS) is 10.6. The molecule has 0 atom stereocenters. The molecular formula is C15H10ClN3O3. The molecule has 22 heavy (non-hydrogen) atoms. The Bertz CT molecular complexity index is 874. The zero-order valence-electron chi connectivity index (χ0n) is 11.2. The van der Waals surface area contributed by atoms with Gasteiger partial charge in [0.2, 0.25) is 5.76 Å². The molecule has 110 valence electrons. The van der Waals surface area contributed by atoms with Gasteiger partial charge >= 0.3 is 0 Å². The maximum Gasteiger partial charge on any atom is 0.286 e. The number of rotatable bonds is 3. The number of fused-ring (bicyclic) bond motifs is 1. The molecule has 0 radical (unpaired) electrons. The number of nitrogens with one attached hydrogen (secondary N) is 1. The van der Waals surface area contributed by atoms with E-state index in [1.165, 1.54) is 6.20 Å². The van der Waals surface area contributed by atoms with Crippen LogP contribution in [0.1, 0.15) is 21.0 Å². The molecule has 0 bridgehead atoms. The van der Waals surface area contributed by atoms with Gasteiger partial charge in [-0.05, 0) is 30.3 Å². The third-order valence-corrected chi connectivity index (χ3v) is 3.24. The Morgan fingerprint density at radius 2 is 2.05 bits per heavy atom. The molecule has 0 aliphatic rings. The van der Waals surface area contributed by atoms with E-state index in [1.807, 2.05) is 0 Å². The van der Waals surface area contributed by atoms with Crippen LogP contribution in [-0.4, -0.2) is 16.8 Å². The molecule has 0 aliphatic carbocycles. The van der Waals surface area contributed by atoms with E-state index >= 15 is 0 Å². The fourth-order valence-electron chi connectivity index (χ4n) is 2.04. The molecule has 3 aromatic rings.